The number of amides is 1. The van der Waals surface area contributed by atoms with Crippen molar-refractivity contribution in [3.05, 3.63) is 88.5 Å². The molecule has 0 spiro atoms. The second kappa shape index (κ2) is 12.1. The number of carbonyl (C=O) groups is 1. The van der Waals surface area contributed by atoms with E-state index in [4.69, 9.17) is 9.47 Å². The predicted octanol–water partition coefficient (Wildman–Crippen LogP) is 5.56. The number of hydrogen-bond acceptors (Lipinski definition) is 5. The first-order valence-corrected chi connectivity index (χ1v) is 14.2. The Hall–Kier alpha value is -3.52. The summed E-state index contributed by atoms with van der Waals surface area (Å²) in [5.74, 6) is 1.10. The first-order chi connectivity index (χ1) is 17.5. The van der Waals surface area contributed by atoms with Crippen LogP contribution < -0.4 is 19.1 Å². The van der Waals surface area contributed by atoms with Gasteiger partial charge in [-0.2, -0.15) is 0 Å². The molecule has 0 heterocycles. The molecule has 3 rings (SSSR count). The molecule has 1 amide bonds. The van der Waals surface area contributed by atoms with Crippen LogP contribution in [0.2, 0.25) is 0 Å². The van der Waals surface area contributed by atoms with Crippen molar-refractivity contribution < 1.29 is 22.7 Å². The third-order valence-electron chi connectivity index (χ3n) is 6.05. The Kier molecular flexibility index (Phi) is 9.21. The molecule has 0 radical (unpaired) electrons. The molecule has 0 aliphatic carbocycles. The van der Waals surface area contributed by atoms with Crippen molar-refractivity contribution >= 4 is 21.6 Å². The summed E-state index contributed by atoms with van der Waals surface area (Å²) in [5, 5.41) is 3.02. The second-order valence-electron chi connectivity index (χ2n) is 8.97. The average molecular weight is 525 g/mol. The molecule has 0 saturated carbocycles. The van der Waals surface area contributed by atoms with Crippen LogP contribution in [0.25, 0.3) is 0 Å². The lowest BCUT2D eigenvalue weighted by molar-refractivity contribution is 0.0939. The molecule has 0 aliphatic rings. The number of para-hydroxylation sites is 1. The largest absolute Gasteiger partial charge is 0.490 e. The molecule has 0 bridgehead atoms. The van der Waals surface area contributed by atoms with Crippen LogP contribution in [0.4, 0.5) is 5.69 Å². The molecule has 1 atom stereocenters. The quantitative estimate of drug-likeness (QED) is 0.355. The summed E-state index contributed by atoms with van der Waals surface area (Å²) >= 11 is 0. The Morgan fingerprint density at radius 2 is 1.51 bits per heavy atom. The van der Waals surface area contributed by atoms with Gasteiger partial charge in [0.25, 0.3) is 5.91 Å². The van der Waals surface area contributed by atoms with Crippen LogP contribution in [0.3, 0.4) is 0 Å². The van der Waals surface area contributed by atoms with Gasteiger partial charge < -0.3 is 14.8 Å². The van der Waals surface area contributed by atoms with Crippen LogP contribution in [0.5, 0.6) is 11.5 Å². The minimum atomic E-state index is -3.51. The molecule has 8 heteroatoms. The second-order valence-corrected chi connectivity index (χ2v) is 10.9. The highest BCUT2D eigenvalue weighted by atomic mass is 32.2. The molecule has 37 heavy (non-hydrogen) atoms. The van der Waals surface area contributed by atoms with Gasteiger partial charge in [-0.25, -0.2) is 8.42 Å². The smallest absolute Gasteiger partial charge is 0.251 e. The Morgan fingerprint density at radius 3 is 2.08 bits per heavy atom. The molecular formula is C29H36N2O5S. The number of ether oxygens (including phenoxy) is 2. The van der Waals surface area contributed by atoms with Gasteiger partial charge in [0.15, 0.2) is 11.5 Å². The van der Waals surface area contributed by atoms with E-state index in [-0.39, 0.29) is 18.5 Å². The number of anilines is 1. The highest BCUT2D eigenvalue weighted by Gasteiger charge is 2.22. The van der Waals surface area contributed by atoms with E-state index in [0.717, 1.165) is 22.3 Å². The molecule has 0 saturated heterocycles. The van der Waals surface area contributed by atoms with E-state index in [2.05, 4.69) is 5.32 Å². The topological polar surface area (TPSA) is 84.9 Å². The lowest BCUT2D eigenvalue weighted by atomic mass is 10.1. The first-order valence-electron chi connectivity index (χ1n) is 12.4. The van der Waals surface area contributed by atoms with E-state index in [1.165, 1.54) is 10.6 Å². The van der Waals surface area contributed by atoms with Gasteiger partial charge >= 0.3 is 0 Å². The number of benzene rings is 3. The number of rotatable bonds is 11. The van der Waals surface area contributed by atoms with Gasteiger partial charge in [0.1, 0.15) is 0 Å². The number of nitrogens with one attached hydrogen (secondary N) is 1. The summed E-state index contributed by atoms with van der Waals surface area (Å²) < 4.78 is 38.0. The van der Waals surface area contributed by atoms with Gasteiger partial charge in [0, 0.05) is 5.56 Å². The van der Waals surface area contributed by atoms with Crippen molar-refractivity contribution in [2.45, 2.75) is 47.2 Å². The SMILES string of the molecule is CCOc1ccc([C@H](C)NC(=O)c2ccc(CN(c3c(C)cccc3C)S(C)(=O)=O)cc2)cc1OCC. The monoisotopic (exact) mass is 524 g/mol. The number of carbonyl (C=O) groups excluding carboxylic acids is 1. The number of sulfonamides is 1. The third-order valence-corrected chi connectivity index (χ3v) is 7.16. The molecular weight excluding hydrogens is 488 g/mol. The van der Waals surface area contributed by atoms with Crippen LogP contribution in [0, 0.1) is 13.8 Å². The van der Waals surface area contributed by atoms with Crippen LogP contribution >= 0.6 is 0 Å². The molecule has 0 unspecified atom stereocenters. The standard InChI is InChI=1S/C29H36N2O5S/c1-7-35-26-17-16-25(18-27(26)36-8-2)22(5)30-29(32)24-14-12-23(13-15-24)19-31(37(6,33)34)28-20(3)10-9-11-21(28)4/h9-18,22H,7-8,19H2,1-6H3,(H,30,32)/t22-/m0/s1. The zero-order valence-corrected chi connectivity index (χ0v) is 23.2. The average Bonchev–Trinajstić information content (AvgIpc) is 2.84. The van der Waals surface area contributed by atoms with Gasteiger partial charge in [-0.05, 0) is 81.1 Å². The van der Waals surface area contributed by atoms with Gasteiger partial charge in [-0.1, -0.05) is 36.4 Å². The van der Waals surface area contributed by atoms with Gasteiger partial charge in [-0.3, -0.25) is 9.10 Å². The summed E-state index contributed by atoms with van der Waals surface area (Å²) in [7, 11) is -3.51. The summed E-state index contributed by atoms with van der Waals surface area (Å²) in [5.41, 5.74) is 4.63. The maximum Gasteiger partial charge on any atom is 0.251 e. The minimum Gasteiger partial charge on any atom is -0.490 e. The normalized spacial score (nSPS) is 12.1. The molecule has 3 aromatic carbocycles. The fraction of sp³-hybridized carbons (Fsp3) is 0.345. The zero-order chi connectivity index (χ0) is 27.2. The van der Waals surface area contributed by atoms with Crippen molar-refractivity contribution in [1.82, 2.24) is 5.32 Å². The van der Waals surface area contributed by atoms with Crippen molar-refractivity contribution in [2.24, 2.45) is 0 Å². The highest BCUT2D eigenvalue weighted by molar-refractivity contribution is 7.92. The summed E-state index contributed by atoms with van der Waals surface area (Å²) in [6.07, 6.45) is 1.21. The zero-order valence-electron chi connectivity index (χ0n) is 22.4. The lowest BCUT2D eigenvalue weighted by Gasteiger charge is -2.26. The fourth-order valence-electron chi connectivity index (χ4n) is 4.19. The van der Waals surface area contributed by atoms with Crippen molar-refractivity contribution in [1.29, 1.82) is 0 Å². The molecule has 0 fully saturated rings. The van der Waals surface area contributed by atoms with E-state index in [9.17, 15) is 13.2 Å². The van der Waals surface area contributed by atoms with Gasteiger partial charge in [0.05, 0.1) is 37.7 Å². The van der Waals surface area contributed by atoms with Crippen molar-refractivity contribution in [3.63, 3.8) is 0 Å². The fourth-order valence-corrected chi connectivity index (χ4v) is 5.19. The van der Waals surface area contributed by atoms with Gasteiger partial charge in [-0.15, -0.1) is 0 Å². The number of aryl methyl sites for hydroxylation is 2. The Labute approximate surface area is 220 Å². The van der Waals surface area contributed by atoms with Crippen LogP contribution in [-0.2, 0) is 16.6 Å². The lowest BCUT2D eigenvalue weighted by Crippen LogP contribution is -2.30. The number of hydrogen-bond donors (Lipinski definition) is 1. The maximum absolute atomic E-state index is 12.9. The Balaban J connectivity index is 1.75. The van der Waals surface area contributed by atoms with Crippen molar-refractivity contribution in [3.8, 4) is 11.5 Å². The predicted molar refractivity (Wildman–Crippen MR) is 148 cm³/mol. The molecule has 0 aromatic heterocycles. The summed E-state index contributed by atoms with van der Waals surface area (Å²) in [6, 6.07) is 18.1. The Morgan fingerprint density at radius 1 is 0.919 bits per heavy atom. The van der Waals surface area contributed by atoms with E-state index >= 15 is 0 Å². The van der Waals surface area contributed by atoms with E-state index in [1.54, 1.807) is 24.3 Å². The molecule has 3 aromatic rings. The van der Waals surface area contributed by atoms with Crippen LogP contribution in [0.15, 0.2) is 60.7 Å². The molecule has 1 N–H and O–H groups in total. The van der Waals surface area contributed by atoms with Crippen molar-refractivity contribution in [2.75, 3.05) is 23.8 Å². The van der Waals surface area contributed by atoms with Crippen LogP contribution in [0.1, 0.15) is 59.4 Å². The maximum atomic E-state index is 12.9. The molecule has 198 valence electrons. The summed E-state index contributed by atoms with van der Waals surface area (Å²) in [6.45, 7) is 10.8. The molecule has 0 aliphatic heterocycles. The van der Waals surface area contributed by atoms with Gasteiger partial charge in [0.2, 0.25) is 10.0 Å². The first kappa shape index (κ1) is 28.1. The molecule has 7 nitrogen and oxygen atoms in total. The van der Waals surface area contributed by atoms with E-state index < -0.39 is 10.0 Å². The third kappa shape index (κ3) is 7.04. The Bertz CT molecular complexity index is 1320. The number of nitrogens with zero attached hydrogens (tertiary/aromatic N) is 1. The highest BCUT2D eigenvalue weighted by Crippen LogP contribution is 2.31. The van der Waals surface area contributed by atoms with E-state index in [0.29, 0.717) is 36.0 Å². The van der Waals surface area contributed by atoms with E-state index in [1.807, 2.05) is 71.0 Å². The summed E-state index contributed by atoms with van der Waals surface area (Å²) in [4.78, 5) is 12.9. The minimum absolute atomic E-state index is 0.176. The van der Waals surface area contributed by atoms with Crippen LogP contribution in [-0.4, -0.2) is 33.8 Å².